The minimum atomic E-state index is 0.624. The summed E-state index contributed by atoms with van der Waals surface area (Å²) in [5.74, 6) is 0.725. The van der Waals surface area contributed by atoms with Gasteiger partial charge in [0, 0.05) is 5.38 Å². The summed E-state index contributed by atoms with van der Waals surface area (Å²) in [6.45, 7) is 0. The molecule has 0 aliphatic rings. The highest BCUT2D eigenvalue weighted by molar-refractivity contribution is 7.13. The van der Waals surface area contributed by atoms with Crippen molar-refractivity contribution in [3.8, 4) is 10.8 Å². The van der Waals surface area contributed by atoms with Crippen molar-refractivity contribution in [2.45, 2.75) is 0 Å². The zero-order valence-electron chi connectivity index (χ0n) is 6.54. The van der Waals surface area contributed by atoms with E-state index >= 15 is 0 Å². The van der Waals surface area contributed by atoms with Crippen LogP contribution in [0.5, 0.6) is 0 Å². The van der Waals surface area contributed by atoms with Crippen LogP contribution in [0.4, 0.5) is 0 Å². The Balaban J connectivity index is 2.33. The van der Waals surface area contributed by atoms with Gasteiger partial charge in [-0.15, -0.1) is 11.3 Å². The maximum atomic E-state index is 8.27. The molecule has 0 fully saturated rings. The molecule has 0 saturated carbocycles. The first kappa shape index (κ1) is 8.00. The third kappa shape index (κ3) is 1.59. The normalized spacial score (nSPS) is 11.1. The van der Waals surface area contributed by atoms with E-state index in [1.807, 2.05) is 6.07 Å². The molecule has 0 aliphatic heterocycles. The number of aromatic nitrogens is 1. The van der Waals surface area contributed by atoms with Gasteiger partial charge in [-0.1, -0.05) is 5.16 Å². The second-order valence-corrected chi connectivity index (χ2v) is 3.16. The first-order valence-electron chi connectivity index (χ1n) is 3.57. The van der Waals surface area contributed by atoms with E-state index < -0.39 is 0 Å². The fourth-order valence-electron chi connectivity index (χ4n) is 0.918. The molecule has 0 atom stereocenters. The molecular formula is C8H6N2O2S. The molecule has 2 aromatic heterocycles. The second-order valence-electron chi connectivity index (χ2n) is 2.30. The Bertz CT molecular complexity index is 405. The summed E-state index contributed by atoms with van der Waals surface area (Å²) in [6, 6.07) is 3.63. The van der Waals surface area contributed by atoms with Crippen LogP contribution in [0.15, 0.2) is 33.3 Å². The van der Waals surface area contributed by atoms with Crippen molar-refractivity contribution in [2.75, 3.05) is 0 Å². The Hall–Kier alpha value is -1.62. The van der Waals surface area contributed by atoms with Gasteiger partial charge in [0.05, 0.1) is 18.2 Å². The highest BCUT2D eigenvalue weighted by Gasteiger charge is 2.04. The van der Waals surface area contributed by atoms with E-state index in [1.165, 1.54) is 17.6 Å². The van der Waals surface area contributed by atoms with Crippen LogP contribution in [0.2, 0.25) is 0 Å². The number of thiazole rings is 1. The van der Waals surface area contributed by atoms with Crippen LogP contribution in [0.1, 0.15) is 5.69 Å². The number of nitrogens with zero attached hydrogens (tertiary/aromatic N) is 2. The third-order valence-corrected chi connectivity index (χ3v) is 2.32. The molecule has 0 amide bonds. The summed E-state index contributed by atoms with van der Waals surface area (Å²) in [5.41, 5.74) is 0.624. The number of furan rings is 1. The van der Waals surface area contributed by atoms with Gasteiger partial charge in [-0.25, -0.2) is 4.98 Å². The third-order valence-electron chi connectivity index (χ3n) is 1.44. The maximum absolute atomic E-state index is 8.27. The Morgan fingerprint density at radius 2 is 2.54 bits per heavy atom. The molecule has 0 radical (unpaired) electrons. The van der Waals surface area contributed by atoms with Crippen LogP contribution in [0.3, 0.4) is 0 Å². The fourth-order valence-corrected chi connectivity index (χ4v) is 1.65. The molecule has 2 rings (SSSR count). The van der Waals surface area contributed by atoms with E-state index in [0.29, 0.717) is 5.69 Å². The molecule has 1 N–H and O–H groups in total. The molecular weight excluding hydrogens is 188 g/mol. The van der Waals surface area contributed by atoms with Crippen molar-refractivity contribution in [2.24, 2.45) is 5.16 Å². The van der Waals surface area contributed by atoms with Crippen LogP contribution in [-0.2, 0) is 0 Å². The van der Waals surface area contributed by atoms with Crippen molar-refractivity contribution in [1.82, 2.24) is 4.98 Å². The lowest BCUT2D eigenvalue weighted by atomic mass is 10.4. The number of hydrogen-bond donors (Lipinski definition) is 1. The lowest BCUT2D eigenvalue weighted by Gasteiger charge is -1.85. The molecule has 2 heterocycles. The fraction of sp³-hybridized carbons (Fsp3) is 0. The van der Waals surface area contributed by atoms with Crippen molar-refractivity contribution in [1.29, 1.82) is 0 Å². The van der Waals surface area contributed by atoms with E-state index in [0.717, 1.165) is 10.8 Å². The quantitative estimate of drug-likeness (QED) is 0.453. The molecule has 0 unspecified atom stereocenters. The summed E-state index contributed by atoms with van der Waals surface area (Å²) in [5, 5.41) is 13.7. The number of rotatable bonds is 2. The highest BCUT2D eigenvalue weighted by Crippen LogP contribution is 2.23. The van der Waals surface area contributed by atoms with Crippen molar-refractivity contribution in [3.05, 3.63) is 29.5 Å². The molecule has 13 heavy (non-hydrogen) atoms. The van der Waals surface area contributed by atoms with Crippen LogP contribution >= 0.6 is 11.3 Å². The molecule has 66 valence electrons. The average Bonchev–Trinajstić information content (AvgIpc) is 2.70. The topological polar surface area (TPSA) is 58.6 Å². The predicted octanol–water partition coefficient (Wildman–Crippen LogP) is 2.21. The maximum Gasteiger partial charge on any atom is 0.162 e. The Labute approximate surface area is 78.2 Å². The minimum Gasteiger partial charge on any atom is -0.462 e. The first-order valence-corrected chi connectivity index (χ1v) is 4.45. The van der Waals surface area contributed by atoms with Gasteiger partial charge in [-0.3, -0.25) is 0 Å². The molecule has 0 aliphatic carbocycles. The molecule has 4 nitrogen and oxygen atoms in total. The van der Waals surface area contributed by atoms with Crippen molar-refractivity contribution >= 4 is 17.6 Å². The van der Waals surface area contributed by atoms with Gasteiger partial charge in [0.1, 0.15) is 0 Å². The van der Waals surface area contributed by atoms with E-state index in [-0.39, 0.29) is 0 Å². The number of oxime groups is 1. The van der Waals surface area contributed by atoms with Crippen LogP contribution in [-0.4, -0.2) is 16.4 Å². The van der Waals surface area contributed by atoms with Crippen molar-refractivity contribution in [3.63, 3.8) is 0 Å². The van der Waals surface area contributed by atoms with Gasteiger partial charge >= 0.3 is 0 Å². The van der Waals surface area contributed by atoms with Crippen LogP contribution in [0.25, 0.3) is 10.8 Å². The lowest BCUT2D eigenvalue weighted by molar-refractivity contribution is 0.321. The predicted molar refractivity (Wildman–Crippen MR) is 49.2 cm³/mol. The van der Waals surface area contributed by atoms with Crippen LogP contribution < -0.4 is 0 Å². The van der Waals surface area contributed by atoms with E-state index in [2.05, 4.69) is 10.1 Å². The average molecular weight is 194 g/mol. The molecule has 0 bridgehead atoms. The molecule has 0 saturated heterocycles. The largest absolute Gasteiger partial charge is 0.462 e. The van der Waals surface area contributed by atoms with E-state index in [9.17, 15) is 0 Å². The summed E-state index contributed by atoms with van der Waals surface area (Å²) in [7, 11) is 0. The van der Waals surface area contributed by atoms with Gasteiger partial charge in [0.2, 0.25) is 0 Å². The van der Waals surface area contributed by atoms with E-state index in [4.69, 9.17) is 9.62 Å². The Morgan fingerprint density at radius 3 is 3.23 bits per heavy atom. The second kappa shape index (κ2) is 3.40. The first-order chi connectivity index (χ1) is 6.40. The summed E-state index contributed by atoms with van der Waals surface area (Å²) >= 11 is 1.44. The zero-order valence-corrected chi connectivity index (χ0v) is 7.36. The van der Waals surface area contributed by atoms with E-state index in [1.54, 1.807) is 17.7 Å². The molecule has 2 aromatic rings. The molecule has 0 aromatic carbocycles. The monoisotopic (exact) mass is 194 g/mol. The summed E-state index contributed by atoms with van der Waals surface area (Å²) in [4.78, 5) is 4.16. The van der Waals surface area contributed by atoms with Crippen LogP contribution in [0, 0.1) is 0 Å². The van der Waals surface area contributed by atoms with Gasteiger partial charge in [-0.05, 0) is 12.1 Å². The highest BCUT2D eigenvalue weighted by atomic mass is 32.1. The molecule has 0 spiro atoms. The van der Waals surface area contributed by atoms with Gasteiger partial charge in [0.15, 0.2) is 10.8 Å². The summed E-state index contributed by atoms with van der Waals surface area (Å²) < 4.78 is 5.15. The van der Waals surface area contributed by atoms with Gasteiger partial charge in [-0.2, -0.15) is 0 Å². The lowest BCUT2D eigenvalue weighted by Crippen LogP contribution is -1.79. The van der Waals surface area contributed by atoms with Gasteiger partial charge in [0.25, 0.3) is 0 Å². The standard InChI is InChI=1S/C8H6N2O2S/c11-9-4-6-5-13-8(10-6)7-2-1-3-12-7/h1-5,11H/b9-4+. The smallest absolute Gasteiger partial charge is 0.162 e. The number of hydrogen-bond acceptors (Lipinski definition) is 5. The zero-order chi connectivity index (χ0) is 9.10. The molecule has 5 heteroatoms. The Morgan fingerprint density at radius 1 is 1.62 bits per heavy atom. The summed E-state index contributed by atoms with van der Waals surface area (Å²) in [6.07, 6.45) is 2.87. The SMILES string of the molecule is O/N=C/c1csc(-c2ccco2)n1. The van der Waals surface area contributed by atoms with Crippen molar-refractivity contribution < 1.29 is 9.62 Å². The minimum absolute atomic E-state index is 0.624. The van der Waals surface area contributed by atoms with Gasteiger partial charge < -0.3 is 9.62 Å². The Kier molecular flexibility index (Phi) is 2.09.